The summed E-state index contributed by atoms with van der Waals surface area (Å²) in [7, 11) is 0. The third kappa shape index (κ3) is 2.13. The van der Waals surface area contributed by atoms with Crippen molar-refractivity contribution in [2.24, 2.45) is 28.6 Å². The SMILES string of the molecule is C=CC(=O)C12C[C@H]3C[C@H](Oc4cc(-c5cc(F)c(O)cc5CC)cn5cncc45)C[C@H]4C1C342. The van der Waals surface area contributed by atoms with Crippen LogP contribution in [0.3, 0.4) is 0 Å². The lowest BCUT2D eigenvalue weighted by Crippen LogP contribution is -2.51. The quantitative estimate of drug-likeness (QED) is 0.546. The molecule has 0 aliphatic heterocycles. The highest BCUT2D eigenvalue weighted by Crippen LogP contribution is 3.04. The number of carbonyl (C=O) groups excluding carboxylic acids is 1. The third-order valence-corrected chi connectivity index (χ3v) is 9.22. The van der Waals surface area contributed by atoms with E-state index in [9.17, 15) is 14.3 Å². The maximum absolute atomic E-state index is 14.2. The second kappa shape index (κ2) is 6.04. The van der Waals surface area contributed by atoms with Gasteiger partial charge in [0.2, 0.25) is 0 Å². The summed E-state index contributed by atoms with van der Waals surface area (Å²) in [5.74, 6) is 1.73. The van der Waals surface area contributed by atoms with Crippen molar-refractivity contribution in [2.45, 2.75) is 38.7 Å². The van der Waals surface area contributed by atoms with E-state index in [1.165, 1.54) is 18.2 Å². The summed E-state index contributed by atoms with van der Waals surface area (Å²) in [4.78, 5) is 16.7. The fourth-order valence-electron chi connectivity index (χ4n) is 7.97. The van der Waals surface area contributed by atoms with Crippen LogP contribution < -0.4 is 4.74 Å². The molecule has 2 aromatic heterocycles. The molecule has 0 saturated heterocycles. The molecule has 1 N–H and O–H groups in total. The first-order valence-electron chi connectivity index (χ1n) is 11.8. The molecule has 33 heavy (non-hydrogen) atoms. The van der Waals surface area contributed by atoms with E-state index in [2.05, 4.69) is 11.6 Å². The van der Waals surface area contributed by atoms with Crippen LogP contribution in [0.4, 0.5) is 4.39 Å². The summed E-state index contributed by atoms with van der Waals surface area (Å²) in [6.07, 6.45) is 10.7. The Morgan fingerprint density at radius 2 is 2.24 bits per heavy atom. The second-order valence-electron chi connectivity index (χ2n) is 10.3. The number of hydrogen-bond acceptors (Lipinski definition) is 4. The van der Waals surface area contributed by atoms with Crippen LogP contribution in [0.1, 0.15) is 31.7 Å². The molecule has 6 atom stereocenters. The van der Waals surface area contributed by atoms with Gasteiger partial charge in [-0.1, -0.05) is 13.5 Å². The molecule has 4 saturated carbocycles. The summed E-state index contributed by atoms with van der Waals surface area (Å²) in [6.45, 7) is 5.70. The highest BCUT2D eigenvalue weighted by Gasteiger charge is 3.04. The minimum Gasteiger partial charge on any atom is -0.505 e. The molecule has 4 aliphatic carbocycles. The van der Waals surface area contributed by atoms with Gasteiger partial charge in [0.05, 0.1) is 18.6 Å². The van der Waals surface area contributed by atoms with E-state index in [1.807, 2.05) is 23.6 Å². The van der Waals surface area contributed by atoms with Gasteiger partial charge in [0.1, 0.15) is 11.3 Å². The van der Waals surface area contributed by atoms with Crippen LogP contribution >= 0.6 is 0 Å². The number of hydrogen-bond donors (Lipinski definition) is 1. The van der Waals surface area contributed by atoms with Gasteiger partial charge in [0, 0.05) is 17.2 Å². The van der Waals surface area contributed by atoms with Crippen LogP contribution in [0.2, 0.25) is 0 Å². The number of ketones is 1. The number of nitrogens with zero attached hydrogens (tertiary/aromatic N) is 2. The number of rotatable bonds is 6. The number of aryl methyl sites for hydroxylation is 1. The van der Waals surface area contributed by atoms with Crippen molar-refractivity contribution in [1.29, 1.82) is 0 Å². The first-order valence-corrected chi connectivity index (χ1v) is 11.8. The van der Waals surface area contributed by atoms with Crippen LogP contribution in [0.15, 0.2) is 49.6 Å². The predicted octanol–water partition coefficient (Wildman–Crippen LogP) is 4.96. The Balaban J connectivity index is 1.20. The van der Waals surface area contributed by atoms with Crippen LogP contribution in [-0.4, -0.2) is 26.4 Å². The standard InChI is InChI=1S/C27H25FN2O3/c1-3-14-5-22(31)20(28)9-18(14)15-6-23(21-11-29-13-30(21)12-15)33-17-7-16-10-26(24(32)4-2)25-19(8-17)27(16,25)26/h4-6,9,11-13,16-17,19,25,31H,2-3,7-8,10H2,1H3/t16-,17+,19+,25?,26?,27?/m1/s1. The Morgan fingerprint density at radius 1 is 1.39 bits per heavy atom. The second-order valence-corrected chi connectivity index (χ2v) is 10.3. The van der Waals surface area contributed by atoms with Gasteiger partial charge in [-0.05, 0) is 84.3 Å². The molecule has 1 spiro atoms. The zero-order valence-corrected chi connectivity index (χ0v) is 18.4. The van der Waals surface area contributed by atoms with Crippen LogP contribution in [0.5, 0.6) is 11.5 Å². The zero-order valence-electron chi connectivity index (χ0n) is 18.4. The van der Waals surface area contributed by atoms with Crippen LogP contribution in [0, 0.1) is 34.4 Å². The molecule has 0 bridgehead atoms. The minimum atomic E-state index is -0.636. The van der Waals surface area contributed by atoms with Crippen LogP contribution in [-0.2, 0) is 11.2 Å². The van der Waals surface area contributed by atoms with Crippen molar-refractivity contribution >= 4 is 11.3 Å². The molecular weight excluding hydrogens is 419 g/mol. The summed E-state index contributed by atoms with van der Waals surface area (Å²) >= 11 is 0. The van der Waals surface area contributed by atoms with E-state index in [0.717, 1.165) is 47.2 Å². The largest absolute Gasteiger partial charge is 0.505 e. The van der Waals surface area contributed by atoms with E-state index in [1.54, 1.807) is 12.5 Å². The average Bonchev–Trinajstić information content (AvgIpc) is 3.49. The lowest BCUT2D eigenvalue weighted by Gasteiger charge is -2.50. The summed E-state index contributed by atoms with van der Waals surface area (Å²) in [5, 5.41) is 9.82. The Bertz CT molecular complexity index is 1380. The first kappa shape index (κ1) is 19.3. The number of phenolic OH excluding ortho intramolecular Hbond substituents is 1. The third-order valence-electron chi connectivity index (χ3n) is 9.22. The number of ether oxygens (including phenoxy) is 1. The molecule has 7 rings (SSSR count). The molecule has 2 heterocycles. The number of fused-ring (bicyclic) bond motifs is 3. The van der Waals surface area contributed by atoms with Gasteiger partial charge in [0.25, 0.3) is 0 Å². The van der Waals surface area contributed by atoms with Crippen molar-refractivity contribution < 1.29 is 19.0 Å². The maximum atomic E-state index is 14.2. The smallest absolute Gasteiger partial charge is 0.165 e. The number of aromatic hydroxyl groups is 1. The van der Waals surface area contributed by atoms with Crippen molar-refractivity contribution in [3.05, 3.63) is 61.0 Å². The Kier molecular flexibility index (Phi) is 3.54. The number of phenols is 1. The number of imidazole rings is 1. The summed E-state index contributed by atoms with van der Waals surface area (Å²) < 4.78 is 22.7. The highest BCUT2D eigenvalue weighted by molar-refractivity contribution is 6.02. The van der Waals surface area contributed by atoms with E-state index in [0.29, 0.717) is 24.2 Å². The molecule has 3 unspecified atom stereocenters. The molecular formula is C27H25FN2O3. The number of pyridine rings is 1. The predicted molar refractivity (Wildman–Crippen MR) is 120 cm³/mol. The summed E-state index contributed by atoms with van der Waals surface area (Å²) in [6, 6.07) is 4.85. The number of allylic oxidation sites excluding steroid dienone is 1. The lowest BCUT2D eigenvalue weighted by molar-refractivity contribution is -0.136. The van der Waals surface area contributed by atoms with Crippen molar-refractivity contribution in [2.75, 3.05) is 0 Å². The molecule has 6 heteroatoms. The molecule has 0 radical (unpaired) electrons. The lowest BCUT2D eigenvalue weighted by atomic mass is 9.53. The zero-order chi connectivity index (χ0) is 22.7. The van der Waals surface area contributed by atoms with Crippen molar-refractivity contribution in [3.8, 4) is 22.6 Å². The Morgan fingerprint density at radius 3 is 3.00 bits per heavy atom. The molecule has 4 aliphatic rings. The monoisotopic (exact) mass is 444 g/mol. The highest BCUT2D eigenvalue weighted by atomic mass is 19.1. The Hall–Kier alpha value is -3.15. The first-order chi connectivity index (χ1) is 15.9. The fourth-order valence-corrected chi connectivity index (χ4v) is 7.97. The van der Waals surface area contributed by atoms with Crippen molar-refractivity contribution in [1.82, 2.24) is 9.38 Å². The molecule has 3 aromatic rings. The molecule has 5 nitrogen and oxygen atoms in total. The van der Waals surface area contributed by atoms with E-state index in [-0.39, 0.29) is 28.5 Å². The number of benzene rings is 1. The number of halogens is 1. The Labute approximate surface area is 190 Å². The number of aromatic nitrogens is 2. The van der Waals surface area contributed by atoms with Gasteiger partial charge in [-0.3, -0.25) is 4.79 Å². The normalized spacial score (nSPS) is 34.7. The van der Waals surface area contributed by atoms with Gasteiger partial charge >= 0.3 is 0 Å². The summed E-state index contributed by atoms with van der Waals surface area (Å²) in [5.41, 5.74) is 3.52. The fraction of sp³-hybridized carbons (Fsp3) is 0.407. The van der Waals surface area contributed by atoms with E-state index < -0.39 is 5.82 Å². The minimum absolute atomic E-state index is 0.0623. The number of carbonyl (C=O) groups is 1. The average molecular weight is 445 g/mol. The molecule has 4 fully saturated rings. The van der Waals surface area contributed by atoms with Crippen LogP contribution in [0.25, 0.3) is 16.6 Å². The van der Waals surface area contributed by atoms with Gasteiger partial charge < -0.3 is 14.2 Å². The van der Waals surface area contributed by atoms with Gasteiger partial charge in [-0.15, -0.1) is 0 Å². The van der Waals surface area contributed by atoms with Gasteiger partial charge in [-0.25, -0.2) is 9.37 Å². The van der Waals surface area contributed by atoms with Crippen molar-refractivity contribution in [3.63, 3.8) is 0 Å². The molecule has 168 valence electrons. The molecule has 0 amide bonds. The topological polar surface area (TPSA) is 63.8 Å². The van der Waals surface area contributed by atoms with Gasteiger partial charge in [0.15, 0.2) is 17.3 Å². The van der Waals surface area contributed by atoms with Gasteiger partial charge in [-0.2, -0.15) is 0 Å². The maximum Gasteiger partial charge on any atom is 0.165 e. The van der Waals surface area contributed by atoms with E-state index in [4.69, 9.17) is 4.74 Å². The molecule has 1 aromatic carbocycles. The van der Waals surface area contributed by atoms with E-state index >= 15 is 0 Å².